The van der Waals surface area contributed by atoms with Gasteiger partial charge < -0.3 is 10.4 Å². The maximum absolute atomic E-state index is 12.2. The Labute approximate surface area is 151 Å². The summed E-state index contributed by atoms with van der Waals surface area (Å²) < 4.78 is 0. The summed E-state index contributed by atoms with van der Waals surface area (Å²) in [5, 5.41) is 13.6. The molecule has 0 saturated carbocycles. The number of hydrogen-bond donors (Lipinski definition) is 3. The SMILES string of the molecule is O=C(NC(=O)c1ccc2nccnc2c1)Nc1cccc(Cl)c1C(=O)O. The summed E-state index contributed by atoms with van der Waals surface area (Å²) in [6.45, 7) is 0. The van der Waals surface area contributed by atoms with E-state index in [1.165, 1.54) is 42.7 Å². The predicted octanol–water partition coefficient (Wildman–Crippen LogP) is 2.94. The minimum absolute atomic E-state index is 0.0281. The molecule has 0 saturated heterocycles. The molecule has 1 aromatic heterocycles. The van der Waals surface area contributed by atoms with Crippen LogP contribution in [-0.4, -0.2) is 33.0 Å². The van der Waals surface area contributed by atoms with E-state index in [4.69, 9.17) is 11.6 Å². The largest absolute Gasteiger partial charge is 0.478 e. The molecule has 0 radical (unpaired) electrons. The van der Waals surface area contributed by atoms with Crippen molar-refractivity contribution >= 4 is 46.2 Å². The number of nitrogens with zero attached hydrogens (tertiary/aromatic N) is 2. The summed E-state index contributed by atoms with van der Waals surface area (Å²) in [4.78, 5) is 43.7. The number of halogens is 1. The molecule has 0 unspecified atom stereocenters. The summed E-state index contributed by atoms with van der Waals surface area (Å²) in [7, 11) is 0. The zero-order chi connectivity index (χ0) is 18.7. The number of rotatable bonds is 3. The Balaban J connectivity index is 1.76. The number of carboxylic acids is 1. The molecule has 26 heavy (non-hydrogen) atoms. The first-order valence-electron chi connectivity index (χ1n) is 7.30. The highest BCUT2D eigenvalue weighted by Crippen LogP contribution is 2.24. The minimum Gasteiger partial charge on any atom is -0.478 e. The molecule has 3 rings (SSSR count). The molecule has 0 aliphatic rings. The summed E-state index contributed by atoms with van der Waals surface area (Å²) >= 11 is 5.83. The topological polar surface area (TPSA) is 121 Å². The van der Waals surface area contributed by atoms with Gasteiger partial charge in [-0.05, 0) is 30.3 Å². The number of carbonyl (C=O) groups is 3. The van der Waals surface area contributed by atoms with Gasteiger partial charge in [-0.1, -0.05) is 17.7 Å². The van der Waals surface area contributed by atoms with Gasteiger partial charge in [-0.25, -0.2) is 9.59 Å². The third kappa shape index (κ3) is 3.60. The van der Waals surface area contributed by atoms with Crippen molar-refractivity contribution in [1.29, 1.82) is 0 Å². The fraction of sp³-hybridized carbons (Fsp3) is 0. The van der Waals surface area contributed by atoms with Crippen molar-refractivity contribution in [3.8, 4) is 0 Å². The van der Waals surface area contributed by atoms with Crippen LogP contribution in [0.1, 0.15) is 20.7 Å². The smallest absolute Gasteiger partial charge is 0.339 e. The Morgan fingerprint density at radius 3 is 2.46 bits per heavy atom. The van der Waals surface area contributed by atoms with Crippen LogP contribution >= 0.6 is 11.6 Å². The van der Waals surface area contributed by atoms with Crippen LogP contribution in [0.25, 0.3) is 11.0 Å². The van der Waals surface area contributed by atoms with Crippen molar-refractivity contribution < 1.29 is 19.5 Å². The van der Waals surface area contributed by atoms with Crippen LogP contribution < -0.4 is 10.6 Å². The van der Waals surface area contributed by atoms with Gasteiger partial charge in [-0.3, -0.25) is 20.1 Å². The van der Waals surface area contributed by atoms with Gasteiger partial charge in [0, 0.05) is 18.0 Å². The van der Waals surface area contributed by atoms with Crippen LogP contribution in [-0.2, 0) is 0 Å². The summed E-state index contributed by atoms with van der Waals surface area (Å²) in [6.07, 6.45) is 3.02. The Bertz CT molecular complexity index is 1040. The minimum atomic E-state index is -1.30. The molecule has 3 N–H and O–H groups in total. The van der Waals surface area contributed by atoms with Gasteiger partial charge in [-0.2, -0.15) is 0 Å². The lowest BCUT2D eigenvalue weighted by atomic mass is 10.1. The molecular formula is C17H11ClN4O4. The van der Waals surface area contributed by atoms with Crippen LogP contribution in [0.15, 0.2) is 48.8 Å². The lowest BCUT2D eigenvalue weighted by Gasteiger charge is -2.10. The molecule has 0 fully saturated rings. The van der Waals surface area contributed by atoms with Gasteiger partial charge in [0.05, 0.1) is 21.7 Å². The van der Waals surface area contributed by atoms with Crippen molar-refractivity contribution in [2.45, 2.75) is 0 Å². The number of carboxylic acid groups (broad SMARTS) is 1. The van der Waals surface area contributed by atoms with Crippen LogP contribution in [0.2, 0.25) is 5.02 Å². The summed E-state index contributed by atoms with van der Waals surface area (Å²) in [5.74, 6) is -1.97. The maximum atomic E-state index is 12.2. The Kier molecular flexibility index (Phi) is 4.76. The van der Waals surface area contributed by atoms with E-state index in [1.54, 1.807) is 6.07 Å². The number of amides is 3. The zero-order valence-electron chi connectivity index (χ0n) is 13.1. The predicted molar refractivity (Wildman–Crippen MR) is 94.4 cm³/mol. The lowest BCUT2D eigenvalue weighted by Crippen LogP contribution is -2.34. The Morgan fingerprint density at radius 2 is 1.73 bits per heavy atom. The number of benzene rings is 2. The van der Waals surface area contributed by atoms with E-state index in [9.17, 15) is 19.5 Å². The molecule has 0 aliphatic carbocycles. The Hall–Kier alpha value is -3.52. The highest BCUT2D eigenvalue weighted by Gasteiger charge is 2.17. The van der Waals surface area contributed by atoms with Gasteiger partial charge in [-0.15, -0.1) is 0 Å². The second-order valence-corrected chi connectivity index (χ2v) is 5.54. The molecule has 0 atom stereocenters. The maximum Gasteiger partial charge on any atom is 0.339 e. The first-order valence-corrected chi connectivity index (χ1v) is 7.68. The third-order valence-corrected chi connectivity index (χ3v) is 3.75. The van der Waals surface area contributed by atoms with E-state index in [1.807, 2.05) is 0 Å². The lowest BCUT2D eigenvalue weighted by molar-refractivity contribution is 0.0698. The molecule has 8 nitrogen and oxygen atoms in total. The second kappa shape index (κ2) is 7.16. The molecule has 3 aromatic rings. The molecular weight excluding hydrogens is 360 g/mol. The molecule has 1 heterocycles. The average molecular weight is 371 g/mol. The number of anilines is 1. The van der Waals surface area contributed by atoms with Crippen molar-refractivity contribution in [2.24, 2.45) is 0 Å². The normalized spacial score (nSPS) is 10.3. The number of hydrogen-bond acceptors (Lipinski definition) is 5. The van der Waals surface area contributed by atoms with Gasteiger partial charge >= 0.3 is 12.0 Å². The first-order chi connectivity index (χ1) is 12.5. The number of carbonyl (C=O) groups excluding carboxylic acids is 2. The quantitative estimate of drug-likeness (QED) is 0.651. The van der Waals surface area contributed by atoms with Crippen molar-refractivity contribution in [2.75, 3.05) is 5.32 Å². The fourth-order valence-corrected chi connectivity index (χ4v) is 2.53. The number of urea groups is 1. The molecule has 3 amide bonds. The molecule has 0 bridgehead atoms. The van der Waals surface area contributed by atoms with Crippen molar-refractivity contribution in [3.63, 3.8) is 0 Å². The van der Waals surface area contributed by atoms with Crippen LogP contribution in [0, 0.1) is 0 Å². The molecule has 9 heteroatoms. The van der Waals surface area contributed by atoms with E-state index in [0.29, 0.717) is 11.0 Å². The number of aromatic nitrogens is 2. The van der Waals surface area contributed by atoms with Gasteiger partial charge in [0.15, 0.2) is 0 Å². The molecule has 2 aromatic carbocycles. The van der Waals surface area contributed by atoms with E-state index in [2.05, 4.69) is 20.6 Å². The van der Waals surface area contributed by atoms with Crippen LogP contribution in [0.4, 0.5) is 10.5 Å². The van der Waals surface area contributed by atoms with E-state index in [0.717, 1.165) is 0 Å². The second-order valence-electron chi connectivity index (χ2n) is 5.14. The van der Waals surface area contributed by atoms with Crippen LogP contribution in [0.5, 0.6) is 0 Å². The number of imide groups is 1. The highest BCUT2D eigenvalue weighted by atomic mass is 35.5. The third-order valence-electron chi connectivity index (χ3n) is 3.43. The average Bonchev–Trinajstić information content (AvgIpc) is 2.60. The molecule has 0 aliphatic heterocycles. The van der Waals surface area contributed by atoms with E-state index < -0.39 is 17.9 Å². The first kappa shape index (κ1) is 17.3. The van der Waals surface area contributed by atoms with E-state index >= 15 is 0 Å². The monoisotopic (exact) mass is 370 g/mol. The fourth-order valence-electron chi connectivity index (χ4n) is 2.28. The Morgan fingerprint density at radius 1 is 1.00 bits per heavy atom. The number of aromatic carboxylic acids is 1. The molecule has 0 spiro atoms. The standard InChI is InChI=1S/C17H11ClN4O4/c18-10-2-1-3-12(14(10)16(24)25)21-17(26)22-15(23)9-4-5-11-13(8-9)20-7-6-19-11/h1-8H,(H,24,25)(H2,21,22,23,26). The van der Waals surface area contributed by atoms with Gasteiger partial charge in [0.1, 0.15) is 5.56 Å². The molecule has 130 valence electrons. The van der Waals surface area contributed by atoms with Crippen molar-refractivity contribution in [1.82, 2.24) is 15.3 Å². The van der Waals surface area contributed by atoms with Crippen molar-refractivity contribution in [3.05, 3.63) is 64.9 Å². The van der Waals surface area contributed by atoms with E-state index in [-0.39, 0.29) is 21.8 Å². The zero-order valence-corrected chi connectivity index (χ0v) is 13.8. The summed E-state index contributed by atoms with van der Waals surface area (Å²) in [6, 6.07) is 7.94. The summed E-state index contributed by atoms with van der Waals surface area (Å²) in [5.41, 5.74) is 1.03. The number of nitrogens with one attached hydrogen (secondary N) is 2. The number of fused-ring (bicyclic) bond motifs is 1. The van der Waals surface area contributed by atoms with Crippen LogP contribution in [0.3, 0.4) is 0 Å². The van der Waals surface area contributed by atoms with Gasteiger partial charge in [0.2, 0.25) is 0 Å². The highest BCUT2D eigenvalue weighted by molar-refractivity contribution is 6.34. The van der Waals surface area contributed by atoms with Gasteiger partial charge in [0.25, 0.3) is 5.91 Å².